The number of halogens is 4. The number of urea groups is 1. The normalized spacial score (nSPS) is 24.9. The molecular formula is C22H23F4N5O. The Morgan fingerprint density at radius 1 is 1.16 bits per heavy atom. The van der Waals surface area contributed by atoms with Gasteiger partial charge in [0.1, 0.15) is 0 Å². The number of nitrogens with zero attached hydrogens (tertiary/aromatic N) is 4. The van der Waals surface area contributed by atoms with E-state index in [4.69, 9.17) is 4.98 Å². The number of alkyl halides is 3. The molecule has 10 heteroatoms. The number of hydrogen-bond donors (Lipinski definition) is 1. The van der Waals surface area contributed by atoms with Crippen LogP contribution >= 0.6 is 0 Å². The van der Waals surface area contributed by atoms with Crippen LogP contribution in [0.3, 0.4) is 0 Å². The molecule has 3 atom stereocenters. The second kappa shape index (κ2) is 7.90. The molecule has 6 nitrogen and oxygen atoms in total. The van der Waals surface area contributed by atoms with Crippen LogP contribution in [-0.2, 0) is 0 Å². The predicted molar refractivity (Wildman–Crippen MR) is 111 cm³/mol. The van der Waals surface area contributed by atoms with Crippen LogP contribution in [0.4, 0.5) is 39.5 Å². The molecule has 2 unspecified atom stereocenters. The first kappa shape index (κ1) is 21.0. The Morgan fingerprint density at radius 2 is 2.00 bits per heavy atom. The Morgan fingerprint density at radius 3 is 2.78 bits per heavy atom. The summed E-state index contributed by atoms with van der Waals surface area (Å²) in [4.78, 5) is 25.1. The number of pyridine rings is 2. The number of carbonyl (C=O) groups is 1. The Balaban J connectivity index is 1.45. The zero-order valence-corrected chi connectivity index (χ0v) is 17.3. The summed E-state index contributed by atoms with van der Waals surface area (Å²) in [5.74, 6) is -1.86. The number of amides is 2. The minimum absolute atomic E-state index is 0.0188. The molecule has 2 amide bonds. The molecule has 0 radical (unpaired) electrons. The van der Waals surface area contributed by atoms with Gasteiger partial charge in [0.25, 0.3) is 0 Å². The summed E-state index contributed by atoms with van der Waals surface area (Å²) < 4.78 is 53.3. The Hall–Kier alpha value is -2.91. The van der Waals surface area contributed by atoms with Gasteiger partial charge in [-0.05, 0) is 43.9 Å². The van der Waals surface area contributed by atoms with Gasteiger partial charge in [-0.2, -0.15) is 17.6 Å². The van der Waals surface area contributed by atoms with Crippen LogP contribution in [-0.4, -0.2) is 41.3 Å². The van der Waals surface area contributed by atoms with Crippen molar-refractivity contribution < 1.29 is 22.4 Å². The highest BCUT2D eigenvalue weighted by molar-refractivity contribution is 6.04. The summed E-state index contributed by atoms with van der Waals surface area (Å²) in [7, 11) is 0. The van der Waals surface area contributed by atoms with E-state index in [2.05, 4.69) is 15.2 Å². The Kier molecular flexibility index (Phi) is 5.17. The lowest BCUT2D eigenvalue weighted by molar-refractivity contribution is -0.183. The van der Waals surface area contributed by atoms with Crippen molar-refractivity contribution in [3.63, 3.8) is 0 Å². The minimum Gasteiger partial charge on any atom is -0.366 e. The fraction of sp³-hybridized carbons (Fsp3) is 0.500. The topological polar surface area (TPSA) is 61.4 Å². The van der Waals surface area contributed by atoms with E-state index < -0.39 is 24.1 Å². The molecule has 2 aromatic heterocycles. The number of rotatable bonds is 2. The van der Waals surface area contributed by atoms with E-state index >= 15 is 0 Å². The van der Waals surface area contributed by atoms with Gasteiger partial charge >= 0.3 is 12.2 Å². The SMILES string of the molecule is O=C(Nc1ccnc(F)c1)N1c2nc(C3CCCC(C(F)(F)F)C3)ccc2N2CC[C@H]1C2. The molecule has 2 fully saturated rings. The molecule has 1 N–H and O–H groups in total. The van der Waals surface area contributed by atoms with Crippen molar-refractivity contribution in [2.45, 2.75) is 50.2 Å². The summed E-state index contributed by atoms with van der Waals surface area (Å²) in [6.45, 7) is 1.43. The van der Waals surface area contributed by atoms with Gasteiger partial charge in [-0.25, -0.2) is 14.8 Å². The summed E-state index contributed by atoms with van der Waals surface area (Å²) in [5.41, 5.74) is 1.66. The highest BCUT2D eigenvalue weighted by atomic mass is 19.4. The summed E-state index contributed by atoms with van der Waals surface area (Å²) in [5, 5.41) is 2.70. The highest BCUT2D eigenvalue weighted by Crippen LogP contribution is 2.45. The van der Waals surface area contributed by atoms with Crippen LogP contribution in [0.2, 0.25) is 0 Å². The lowest BCUT2D eigenvalue weighted by Crippen LogP contribution is -2.48. The van der Waals surface area contributed by atoms with E-state index in [1.165, 1.54) is 12.3 Å². The molecule has 5 rings (SSSR count). The highest BCUT2D eigenvalue weighted by Gasteiger charge is 2.44. The molecular weight excluding hydrogens is 426 g/mol. The number of aromatic nitrogens is 2. The van der Waals surface area contributed by atoms with Gasteiger partial charge in [-0.1, -0.05) is 6.42 Å². The van der Waals surface area contributed by atoms with E-state index in [-0.39, 0.29) is 30.5 Å². The average Bonchev–Trinajstić information content (AvgIpc) is 3.17. The smallest absolute Gasteiger partial charge is 0.366 e. The molecule has 3 aliphatic rings. The van der Waals surface area contributed by atoms with E-state index in [1.54, 1.807) is 11.0 Å². The second-order valence-corrected chi connectivity index (χ2v) is 8.74. The number of anilines is 3. The van der Waals surface area contributed by atoms with Crippen molar-refractivity contribution in [1.82, 2.24) is 9.97 Å². The Labute approximate surface area is 182 Å². The van der Waals surface area contributed by atoms with Crippen LogP contribution in [0.15, 0.2) is 30.5 Å². The first-order valence-corrected chi connectivity index (χ1v) is 10.8. The van der Waals surface area contributed by atoms with Crippen molar-refractivity contribution in [2.75, 3.05) is 28.2 Å². The predicted octanol–water partition coefficient (Wildman–Crippen LogP) is 5.08. The molecule has 1 aliphatic carbocycles. The molecule has 32 heavy (non-hydrogen) atoms. The molecule has 0 aromatic carbocycles. The number of carbonyl (C=O) groups excluding carboxylic acids is 1. The molecule has 2 aliphatic heterocycles. The zero-order valence-electron chi connectivity index (χ0n) is 17.3. The molecule has 2 bridgehead atoms. The average molecular weight is 449 g/mol. The number of hydrogen-bond acceptors (Lipinski definition) is 4. The number of fused-ring (bicyclic) bond motifs is 4. The summed E-state index contributed by atoms with van der Waals surface area (Å²) >= 11 is 0. The quantitative estimate of drug-likeness (QED) is 0.513. The maximum absolute atomic E-state index is 13.4. The lowest BCUT2D eigenvalue weighted by atomic mass is 9.79. The van der Waals surface area contributed by atoms with E-state index in [1.807, 2.05) is 6.07 Å². The third-order valence-corrected chi connectivity index (χ3v) is 6.73. The van der Waals surface area contributed by atoms with Crippen LogP contribution < -0.4 is 15.1 Å². The number of nitrogens with one attached hydrogen (secondary N) is 1. The van der Waals surface area contributed by atoms with E-state index in [9.17, 15) is 22.4 Å². The van der Waals surface area contributed by atoms with E-state index in [0.29, 0.717) is 30.9 Å². The minimum atomic E-state index is -4.20. The third kappa shape index (κ3) is 3.86. The van der Waals surface area contributed by atoms with Gasteiger partial charge in [-0.3, -0.25) is 4.90 Å². The second-order valence-electron chi connectivity index (χ2n) is 8.74. The summed E-state index contributed by atoms with van der Waals surface area (Å²) in [6.07, 6.45) is -0.868. The summed E-state index contributed by atoms with van der Waals surface area (Å²) in [6, 6.07) is 5.75. The maximum Gasteiger partial charge on any atom is 0.391 e. The van der Waals surface area contributed by atoms with Crippen LogP contribution in [0.25, 0.3) is 0 Å². The largest absolute Gasteiger partial charge is 0.391 e. The standard InChI is InChI=1S/C22H23F4N5O/c23-19-11-15(6-8-27-19)28-21(32)31-16-7-9-30(12-16)18-5-4-17(29-20(18)31)13-2-1-3-14(10-13)22(24,25)26/h4-6,8,11,13-14,16H,1-3,7,9-10,12H2,(H,27,28,32)/t13?,14?,16-/m0/s1. The van der Waals surface area contributed by atoms with Crippen LogP contribution in [0.5, 0.6) is 0 Å². The first-order valence-electron chi connectivity index (χ1n) is 10.8. The van der Waals surface area contributed by atoms with Crippen molar-refractivity contribution in [2.24, 2.45) is 5.92 Å². The van der Waals surface area contributed by atoms with Crippen molar-refractivity contribution in [3.8, 4) is 0 Å². The van der Waals surface area contributed by atoms with Crippen LogP contribution in [0.1, 0.15) is 43.7 Å². The fourth-order valence-electron chi connectivity index (χ4n) is 5.13. The van der Waals surface area contributed by atoms with Crippen molar-refractivity contribution in [1.29, 1.82) is 0 Å². The molecule has 1 saturated carbocycles. The Bertz CT molecular complexity index is 1030. The first-order chi connectivity index (χ1) is 15.3. The van der Waals surface area contributed by atoms with Crippen molar-refractivity contribution in [3.05, 3.63) is 42.1 Å². The maximum atomic E-state index is 13.4. The lowest BCUT2D eigenvalue weighted by Gasteiger charge is -2.37. The van der Waals surface area contributed by atoms with Gasteiger partial charge in [0.05, 0.1) is 17.6 Å². The molecule has 1 saturated heterocycles. The van der Waals surface area contributed by atoms with E-state index in [0.717, 1.165) is 24.7 Å². The van der Waals surface area contributed by atoms with Gasteiger partial charge < -0.3 is 10.2 Å². The molecule has 2 aromatic rings. The molecule has 170 valence electrons. The zero-order chi connectivity index (χ0) is 22.5. The molecule has 4 heterocycles. The van der Waals surface area contributed by atoms with Crippen molar-refractivity contribution >= 4 is 23.2 Å². The fourth-order valence-corrected chi connectivity index (χ4v) is 5.13. The van der Waals surface area contributed by atoms with Gasteiger partial charge in [0.15, 0.2) is 5.82 Å². The third-order valence-electron chi connectivity index (χ3n) is 6.73. The molecule has 0 spiro atoms. The van der Waals surface area contributed by atoms with Gasteiger partial charge in [-0.15, -0.1) is 0 Å². The van der Waals surface area contributed by atoms with Gasteiger partial charge in [0.2, 0.25) is 5.95 Å². The van der Waals surface area contributed by atoms with Crippen LogP contribution in [0, 0.1) is 11.9 Å². The van der Waals surface area contributed by atoms with Gasteiger partial charge in [0, 0.05) is 42.7 Å². The monoisotopic (exact) mass is 449 g/mol.